The molecule has 21 heavy (non-hydrogen) atoms. The summed E-state index contributed by atoms with van der Waals surface area (Å²) in [7, 11) is 0. The molecule has 3 aromatic rings. The highest BCUT2D eigenvalue weighted by atomic mass is 79.9. The Kier molecular flexibility index (Phi) is 3.75. The average Bonchev–Trinajstić information content (AvgIpc) is 2.88. The first-order chi connectivity index (χ1) is 10.1. The summed E-state index contributed by atoms with van der Waals surface area (Å²) < 4.78 is 8.40. The second-order valence-corrected chi connectivity index (χ2v) is 5.79. The summed E-state index contributed by atoms with van der Waals surface area (Å²) in [6.07, 6.45) is 5.63. The molecule has 4 nitrogen and oxygen atoms in total. The lowest BCUT2D eigenvalue weighted by Crippen LogP contribution is -1.97. The van der Waals surface area contributed by atoms with Gasteiger partial charge in [0.2, 0.25) is 5.78 Å². The van der Waals surface area contributed by atoms with Crippen molar-refractivity contribution in [1.82, 2.24) is 14.4 Å². The highest BCUT2D eigenvalue weighted by molar-refractivity contribution is 9.10. The summed E-state index contributed by atoms with van der Waals surface area (Å²) in [5.41, 5.74) is 2.91. The van der Waals surface area contributed by atoms with Gasteiger partial charge in [-0.2, -0.15) is 0 Å². The zero-order valence-electron chi connectivity index (χ0n) is 11.6. The standard InChI is InChI=1S/C16H14BrN3O/c1-11(2)10-21-14-5-3-12(4-6-14)15-9-20-8-13(17)7-18-16(20)19-15/h3-9H,1,10H2,2H3. The first-order valence-corrected chi connectivity index (χ1v) is 7.29. The first kappa shape index (κ1) is 13.8. The Morgan fingerprint density at radius 2 is 2.05 bits per heavy atom. The molecule has 0 amide bonds. The Hall–Kier alpha value is -2.14. The number of hydrogen-bond donors (Lipinski definition) is 0. The number of hydrogen-bond acceptors (Lipinski definition) is 3. The third kappa shape index (κ3) is 3.13. The Balaban J connectivity index is 1.86. The van der Waals surface area contributed by atoms with E-state index in [0.29, 0.717) is 12.4 Å². The van der Waals surface area contributed by atoms with Gasteiger partial charge in [-0.25, -0.2) is 9.97 Å². The molecule has 0 aliphatic rings. The minimum Gasteiger partial charge on any atom is -0.489 e. The minimum atomic E-state index is 0.533. The number of benzene rings is 1. The molecule has 106 valence electrons. The van der Waals surface area contributed by atoms with Gasteiger partial charge in [-0.3, -0.25) is 4.40 Å². The van der Waals surface area contributed by atoms with Gasteiger partial charge < -0.3 is 4.74 Å². The molecule has 0 unspecified atom stereocenters. The van der Waals surface area contributed by atoms with Crippen molar-refractivity contribution in [2.75, 3.05) is 6.61 Å². The van der Waals surface area contributed by atoms with E-state index in [-0.39, 0.29) is 0 Å². The molecule has 0 saturated heterocycles. The number of nitrogens with zero attached hydrogens (tertiary/aromatic N) is 3. The van der Waals surface area contributed by atoms with Crippen LogP contribution in [0.2, 0.25) is 0 Å². The topological polar surface area (TPSA) is 39.4 Å². The fourth-order valence-corrected chi connectivity index (χ4v) is 2.25. The number of aromatic nitrogens is 3. The largest absolute Gasteiger partial charge is 0.489 e. The molecule has 0 spiro atoms. The van der Waals surface area contributed by atoms with Crippen LogP contribution in [-0.2, 0) is 0 Å². The Morgan fingerprint density at radius 3 is 2.76 bits per heavy atom. The fraction of sp³-hybridized carbons (Fsp3) is 0.125. The van der Waals surface area contributed by atoms with E-state index in [1.807, 2.05) is 48.0 Å². The molecule has 0 bridgehead atoms. The van der Waals surface area contributed by atoms with Crippen LogP contribution in [0, 0.1) is 0 Å². The average molecular weight is 344 g/mol. The third-order valence-electron chi connectivity index (χ3n) is 2.91. The molecule has 0 aliphatic carbocycles. The SMILES string of the molecule is C=C(C)COc1ccc(-c2cn3cc(Br)cnc3n2)cc1. The van der Waals surface area contributed by atoms with Crippen LogP contribution in [0.4, 0.5) is 0 Å². The maximum absolute atomic E-state index is 5.59. The quantitative estimate of drug-likeness (QED) is 0.669. The van der Waals surface area contributed by atoms with E-state index in [1.165, 1.54) is 0 Å². The summed E-state index contributed by atoms with van der Waals surface area (Å²) in [6.45, 7) is 6.29. The fourth-order valence-electron chi connectivity index (χ4n) is 1.93. The van der Waals surface area contributed by atoms with Gasteiger partial charge in [-0.1, -0.05) is 6.58 Å². The lowest BCUT2D eigenvalue weighted by atomic mass is 10.2. The molecule has 0 fully saturated rings. The zero-order valence-corrected chi connectivity index (χ0v) is 13.2. The summed E-state index contributed by atoms with van der Waals surface area (Å²) in [5.74, 6) is 1.50. The number of rotatable bonds is 4. The van der Waals surface area contributed by atoms with Crippen molar-refractivity contribution in [3.63, 3.8) is 0 Å². The molecule has 0 aliphatic heterocycles. The lowest BCUT2D eigenvalue weighted by Gasteiger charge is -2.05. The maximum Gasteiger partial charge on any atom is 0.234 e. The highest BCUT2D eigenvalue weighted by Crippen LogP contribution is 2.22. The number of fused-ring (bicyclic) bond motifs is 1. The second-order valence-electron chi connectivity index (χ2n) is 4.88. The van der Waals surface area contributed by atoms with Crippen molar-refractivity contribution < 1.29 is 4.74 Å². The molecule has 0 saturated carbocycles. The van der Waals surface area contributed by atoms with Crippen LogP contribution in [0.25, 0.3) is 17.0 Å². The molecule has 2 aromatic heterocycles. The molecular weight excluding hydrogens is 330 g/mol. The van der Waals surface area contributed by atoms with Gasteiger partial charge in [0.25, 0.3) is 0 Å². The van der Waals surface area contributed by atoms with E-state index < -0.39 is 0 Å². The molecule has 1 aromatic carbocycles. The van der Waals surface area contributed by atoms with Gasteiger partial charge in [0.05, 0.1) is 10.2 Å². The molecule has 3 rings (SSSR count). The number of imidazole rings is 1. The molecule has 0 N–H and O–H groups in total. The van der Waals surface area contributed by atoms with Crippen LogP contribution in [0.1, 0.15) is 6.92 Å². The zero-order chi connectivity index (χ0) is 14.8. The van der Waals surface area contributed by atoms with Crippen molar-refractivity contribution in [3.8, 4) is 17.0 Å². The molecular formula is C16H14BrN3O. The van der Waals surface area contributed by atoms with Crippen LogP contribution < -0.4 is 4.74 Å². The van der Waals surface area contributed by atoms with Crippen molar-refractivity contribution in [2.45, 2.75) is 6.92 Å². The van der Waals surface area contributed by atoms with E-state index in [1.54, 1.807) is 6.20 Å². The molecule has 2 heterocycles. The predicted octanol–water partition coefficient (Wildman–Crippen LogP) is 4.11. The summed E-state index contributed by atoms with van der Waals surface area (Å²) >= 11 is 3.40. The van der Waals surface area contributed by atoms with Crippen LogP contribution in [0.3, 0.4) is 0 Å². The van der Waals surface area contributed by atoms with Gasteiger partial charge in [0.15, 0.2) is 0 Å². The predicted molar refractivity (Wildman–Crippen MR) is 86.4 cm³/mol. The van der Waals surface area contributed by atoms with Crippen LogP contribution >= 0.6 is 15.9 Å². The van der Waals surface area contributed by atoms with Crippen LogP contribution in [-0.4, -0.2) is 21.0 Å². The third-order valence-corrected chi connectivity index (χ3v) is 3.32. The van der Waals surface area contributed by atoms with E-state index in [2.05, 4.69) is 32.5 Å². The number of halogens is 1. The highest BCUT2D eigenvalue weighted by Gasteiger charge is 2.06. The van der Waals surface area contributed by atoms with E-state index in [0.717, 1.165) is 27.1 Å². The monoisotopic (exact) mass is 343 g/mol. The Bertz CT molecular complexity index is 793. The summed E-state index contributed by atoms with van der Waals surface area (Å²) in [4.78, 5) is 8.77. The van der Waals surface area contributed by atoms with Crippen molar-refractivity contribution in [2.24, 2.45) is 0 Å². The first-order valence-electron chi connectivity index (χ1n) is 6.50. The van der Waals surface area contributed by atoms with E-state index in [9.17, 15) is 0 Å². The van der Waals surface area contributed by atoms with E-state index in [4.69, 9.17) is 4.74 Å². The normalized spacial score (nSPS) is 10.8. The molecule has 5 heteroatoms. The van der Waals surface area contributed by atoms with Gasteiger partial charge in [-0.15, -0.1) is 0 Å². The van der Waals surface area contributed by atoms with Gasteiger partial charge >= 0.3 is 0 Å². The molecule has 0 atom stereocenters. The van der Waals surface area contributed by atoms with E-state index >= 15 is 0 Å². The smallest absolute Gasteiger partial charge is 0.234 e. The maximum atomic E-state index is 5.59. The van der Waals surface area contributed by atoms with Crippen molar-refractivity contribution >= 4 is 21.7 Å². The van der Waals surface area contributed by atoms with Crippen molar-refractivity contribution in [1.29, 1.82) is 0 Å². The summed E-state index contributed by atoms with van der Waals surface area (Å²) in [5, 5.41) is 0. The Labute approximate surface area is 131 Å². The number of ether oxygens (including phenoxy) is 1. The van der Waals surface area contributed by atoms with Gasteiger partial charge in [0.1, 0.15) is 12.4 Å². The minimum absolute atomic E-state index is 0.533. The van der Waals surface area contributed by atoms with Gasteiger partial charge in [-0.05, 0) is 52.7 Å². The molecule has 0 radical (unpaired) electrons. The van der Waals surface area contributed by atoms with Gasteiger partial charge in [0, 0.05) is 24.2 Å². The van der Waals surface area contributed by atoms with Crippen LogP contribution in [0.15, 0.2) is 59.5 Å². The second kappa shape index (κ2) is 5.69. The lowest BCUT2D eigenvalue weighted by molar-refractivity contribution is 0.353. The van der Waals surface area contributed by atoms with Crippen molar-refractivity contribution in [3.05, 3.63) is 59.5 Å². The summed E-state index contributed by atoms with van der Waals surface area (Å²) in [6, 6.07) is 7.85. The van der Waals surface area contributed by atoms with Crippen LogP contribution in [0.5, 0.6) is 5.75 Å². The Morgan fingerprint density at radius 1 is 1.29 bits per heavy atom.